The summed E-state index contributed by atoms with van der Waals surface area (Å²) >= 11 is 9.49. The van der Waals surface area contributed by atoms with Gasteiger partial charge >= 0.3 is 0 Å². The van der Waals surface area contributed by atoms with E-state index in [1.54, 1.807) is 0 Å². The summed E-state index contributed by atoms with van der Waals surface area (Å²) in [7, 11) is 0. The van der Waals surface area contributed by atoms with Gasteiger partial charge in [0.05, 0.1) is 0 Å². The van der Waals surface area contributed by atoms with E-state index in [0.29, 0.717) is 0 Å². The van der Waals surface area contributed by atoms with E-state index in [0.717, 1.165) is 28.8 Å². The van der Waals surface area contributed by atoms with E-state index in [2.05, 4.69) is 22.9 Å². The Morgan fingerprint density at radius 1 is 1.42 bits per heavy atom. The number of hydrogen-bond acceptors (Lipinski definition) is 0. The molecule has 0 spiro atoms. The smallest absolute Gasteiger partial charge is 0.0449 e. The summed E-state index contributed by atoms with van der Waals surface area (Å²) in [6.45, 7) is 3.80. The maximum absolute atomic E-state index is 6.01. The zero-order valence-corrected chi connectivity index (χ0v) is 9.16. The monoisotopic (exact) mass is 245 g/mol. The Kier molecular flexibility index (Phi) is 4.10. The van der Waals surface area contributed by atoms with Gasteiger partial charge in [0.2, 0.25) is 0 Å². The highest BCUT2D eigenvalue weighted by Gasteiger charge is 2.02. The third kappa shape index (κ3) is 2.49. The molecule has 0 fully saturated rings. The zero-order valence-electron chi connectivity index (χ0n) is 6.82. The van der Waals surface area contributed by atoms with Gasteiger partial charge in [0.1, 0.15) is 0 Å². The van der Waals surface area contributed by atoms with Gasteiger partial charge in [-0.1, -0.05) is 46.9 Å². The van der Waals surface area contributed by atoms with Crippen molar-refractivity contribution in [3.63, 3.8) is 0 Å². The average molecular weight is 247 g/mol. The van der Waals surface area contributed by atoms with Crippen LogP contribution in [0.15, 0.2) is 22.7 Å². The average Bonchev–Trinajstić information content (AvgIpc) is 2.04. The summed E-state index contributed by atoms with van der Waals surface area (Å²) < 4.78 is 1.10. The highest BCUT2D eigenvalue weighted by atomic mass is 79.9. The van der Waals surface area contributed by atoms with E-state index in [-0.39, 0.29) is 0 Å². The Balaban J connectivity index is 2.81. The lowest BCUT2D eigenvalue weighted by Crippen LogP contribution is -1.87. The molecule has 1 rings (SSSR count). The zero-order chi connectivity index (χ0) is 8.97. The van der Waals surface area contributed by atoms with E-state index < -0.39 is 0 Å². The minimum atomic E-state index is 0.845. The molecule has 0 nitrogen and oxygen atoms in total. The highest BCUT2D eigenvalue weighted by molar-refractivity contribution is 9.10. The van der Waals surface area contributed by atoms with Crippen LogP contribution in [-0.4, -0.2) is 0 Å². The molecule has 0 saturated heterocycles. The molecule has 1 radical (unpaired) electrons. The normalized spacial score (nSPS) is 10.2. The number of benzene rings is 1. The Hall–Kier alpha value is -0.0100. The van der Waals surface area contributed by atoms with Gasteiger partial charge in [0.25, 0.3) is 0 Å². The summed E-state index contributed by atoms with van der Waals surface area (Å²) in [6, 6.07) is 5.88. The standard InChI is InChI=1S/C10H11BrCl/c1-2-3-5-8-9(11)6-4-7-10(8)12/h4,6-7H,1-3,5H2. The van der Waals surface area contributed by atoms with Crippen molar-refractivity contribution in [2.24, 2.45) is 0 Å². The Labute approximate surface area is 87.1 Å². The molecule has 1 aromatic rings. The van der Waals surface area contributed by atoms with Gasteiger partial charge in [-0.15, -0.1) is 0 Å². The van der Waals surface area contributed by atoms with Crippen molar-refractivity contribution in [3.8, 4) is 0 Å². The lowest BCUT2D eigenvalue weighted by Gasteiger charge is -2.05. The largest absolute Gasteiger partial charge is 0.0840 e. The lowest BCUT2D eigenvalue weighted by molar-refractivity contribution is 0.838. The Bertz CT molecular complexity index is 238. The van der Waals surface area contributed by atoms with Gasteiger partial charge in [0.15, 0.2) is 0 Å². The topological polar surface area (TPSA) is 0 Å². The van der Waals surface area contributed by atoms with E-state index in [1.807, 2.05) is 18.2 Å². The first-order valence-electron chi connectivity index (χ1n) is 3.98. The van der Waals surface area contributed by atoms with Gasteiger partial charge in [-0.2, -0.15) is 0 Å². The second-order valence-corrected chi connectivity index (χ2v) is 3.92. The van der Waals surface area contributed by atoms with E-state index >= 15 is 0 Å². The minimum absolute atomic E-state index is 0.845. The molecule has 2 heteroatoms. The van der Waals surface area contributed by atoms with Gasteiger partial charge in [-0.25, -0.2) is 0 Å². The Morgan fingerprint density at radius 2 is 2.17 bits per heavy atom. The molecular weight excluding hydrogens is 235 g/mol. The van der Waals surface area contributed by atoms with Crippen molar-refractivity contribution in [1.82, 2.24) is 0 Å². The number of unbranched alkanes of at least 4 members (excludes halogenated alkanes) is 1. The predicted octanol–water partition coefficient (Wildman–Crippen LogP) is 4.26. The predicted molar refractivity (Wildman–Crippen MR) is 57.4 cm³/mol. The molecule has 65 valence electrons. The van der Waals surface area contributed by atoms with Gasteiger partial charge in [-0.05, 0) is 30.5 Å². The molecule has 0 heterocycles. The first kappa shape index (κ1) is 10.1. The molecule has 0 unspecified atom stereocenters. The van der Waals surface area contributed by atoms with E-state index in [9.17, 15) is 0 Å². The van der Waals surface area contributed by atoms with Crippen LogP contribution in [-0.2, 0) is 6.42 Å². The molecule has 0 aliphatic rings. The molecule has 0 aromatic heterocycles. The van der Waals surface area contributed by atoms with Crippen molar-refractivity contribution < 1.29 is 0 Å². The molecule has 1 aromatic carbocycles. The van der Waals surface area contributed by atoms with E-state index in [4.69, 9.17) is 11.6 Å². The van der Waals surface area contributed by atoms with Crippen molar-refractivity contribution in [2.75, 3.05) is 0 Å². The molecule has 0 saturated carbocycles. The molecule has 0 aliphatic heterocycles. The lowest BCUT2D eigenvalue weighted by atomic mass is 10.1. The van der Waals surface area contributed by atoms with Crippen LogP contribution >= 0.6 is 27.5 Å². The second kappa shape index (κ2) is 4.88. The fourth-order valence-electron chi connectivity index (χ4n) is 1.07. The van der Waals surface area contributed by atoms with Crippen LogP contribution in [0.4, 0.5) is 0 Å². The van der Waals surface area contributed by atoms with Crippen molar-refractivity contribution in [1.29, 1.82) is 0 Å². The Morgan fingerprint density at radius 3 is 2.75 bits per heavy atom. The van der Waals surface area contributed by atoms with Crippen LogP contribution in [0.1, 0.15) is 18.4 Å². The first-order valence-corrected chi connectivity index (χ1v) is 5.15. The molecule has 12 heavy (non-hydrogen) atoms. The number of rotatable bonds is 3. The van der Waals surface area contributed by atoms with Crippen LogP contribution in [0.5, 0.6) is 0 Å². The van der Waals surface area contributed by atoms with Crippen molar-refractivity contribution >= 4 is 27.5 Å². The maximum atomic E-state index is 6.01. The maximum Gasteiger partial charge on any atom is 0.0449 e. The van der Waals surface area contributed by atoms with Crippen LogP contribution in [0.25, 0.3) is 0 Å². The fourth-order valence-corrected chi connectivity index (χ4v) is 2.02. The number of hydrogen-bond donors (Lipinski definition) is 0. The van der Waals surface area contributed by atoms with Crippen molar-refractivity contribution in [2.45, 2.75) is 19.3 Å². The van der Waals surface area contributed by atoms with Crippen LogP contribution in [0, 0.1) is 6.92 Å². The molecule has 0 aliphatic carbocycles. The summed E-state index contributed by atoms with van der Waals surface area (Å²) in [5.74, 6) is 0. The highest BCUT2D eigenvalue weighted by Crippen LogP contribution is 2.25. The third-order valence-corrected chi connectivity index (χ3v) is 2.84. The summed E-state index contributed by atoms with van der Waals surface area (Å²) in [5.41, 5.74) is 1.20. The third-order valence-electron chi connectivity index (χ3n) is 1.74. The van der Waals surface area contributed by atoms with Crippen LogP contribution < -0.4 is 0 Å². The van der Waals surface area contributed by atoms with Gasteiger partial charge in [-0.3, -0.25) is 0 Å². The summed E-state index contributed by atoms with van der Waals surface area (Å²) in [6.07, 6.45) is 3.05. The second-order valence-electron chi connectivity index (χ2n) is 2.66. The molecule has 0 amide bonds. The first-order chi connectivity index (χ1) is 5.75. The van der Waals surface area contributed by atoms with Crippen LogP contribution in [0.2, 0.25) is 5.02 Å². The molecule has 0 N–H and O–H groups in total. The van der Waals surface area contributed by atoms with Gasteiger partial charge in [0, 0.05) is 9.50 Å². The SMILES string of the molecule is [CH2]CCCc1c(Cl)cccc1Br. The molecule has 0 bridgehead atoms. The van der Waals surface area contributed by atoms with Crippen LogP contribution in [0.3, 0.4) is 0 Å². The fraction of sp³-hybridized carbons (Fsp3) is 0.300. The van der Waals surface area contributed by atoms with E-state index in [1.165, 1.54) is 5.56 Å². The van der Waals surface area contributed by atoms with Gasteiger partial charge < -0.3 is 0 Å². The molecule has 0 atom stereocenters. The molecular formula is C10H11BrCl. The quantitative estimate of drug-likeness (QED) is 0.747. The minimum Gasteiger partial charge on any atom is -0.0840 e. The summed E-state index contributed by atoms with van der Waals surface area (Å²) in [4.78, 5) is 0. The number of halogens is 2. The summed E-state index contributed by atoms with van der Waals surface area (Å²) in [5, 5.41) is 0.845. The van der Waals surface area contributed by atoms with Crippen molar-refractivity contribution in [3.05, 3.63) is 40.2 Å².